The van der Waals surface area contributed by atoms with E-state index in [9.17, 15) is 0 Å². The molecule has 56 valence electrons. The van der Waals surface area contributed by atoms with Crippen molar-refractivity contribution in [1.29, 1.82) is 0 Å². The lowest BCUT2D eigenvalue weighted by molar-refractivity contribution is 0.448. The van der Waals surface area contributed by atoms with Gasteiger partial charge in [0.25, 0.3) is 0 Å². The van der Waals surface area contributed by atoms with Gasteiger partial charge in [0.15, 0.2) is 0 Å². The van der Waals surface area contributed by atoms with Gasteiger partial charge in [-0.2, -0.15) is 0 Å². The van der Waals surface area contributed by atoms with E-state index in [1.54, 1.807) is 0 Å². The second kappa shape index (κ2) is 4.13. The lowest BCUT2D eigenvalue weighted by atomic mass is 9.99. The van der Waals surface area contributed by atoms with Crippen molar-refractivity contribution in [2.75, 3.05) is 0 Å². The first kappa shape index (κ1) is 9.25. The predicted molar refractivity (Wildman–Crippen MR) is 42.7 cm³/mol. The number of hydrogen-bond acceptors (Lipinski definition) is 1. The molecule has 0 saturated heterocycles. The molecule has 0 aliphatic rings. The van der Waals surface area contributed by atoms with Crippen molar-refractivity contribution in [3.63, 3.8) is 0 Å². The standard InChI is InChI=1S/C7H16ClN/c1-5(7(3)9)4-6(2)8/h5-7H,4,9H2,1-3H3. The van der Waals surface area contributed by atoms with E-state index in [1.165, 1.54) is 0 Å². The molecule has 9 heavy (non-hydrogen) atoms. The molecular formula is C7H16ClN. The SMILES string of the molecule is CC(Cl)CC(C)C(C)N. The maximum Gasteiger partial charge on any atom is 0.0310 e. The summed E-state index contributed by atoms with van der Waals surface area (Å²) in [6.45, 7) is 6.15. The fraction of sp³-hybridized carbons (Fsp3) is 1.00. The number of hydrogen-bond donors (Lipinski definition) is 1. The summed E-state index contributed by atoms with van der Waals surface area (Å²) in [7, 11) is 0. The second-order valence-corrected chi connectivity index (χ2v) is 3.60. The van der Waals surface area contributed by atoms with Crippen molar-refractivity contribution in [3.05, 3.63) is 0 Å². The average molecular weight is 150 g/mol. The van der Waals surface area contributed by atoms with E-state index in [-0.39, 0.29) is 11.4 Å². The van der Waals surface area contributed by atoms with Gasteiger partial charge in [-0.15, -0.1) is 11.6 Å². The zero-order valence-electron chi connectivity index (χ0n) is 6.39. The third-order valence-corrected chi connectivity index (χ3v) is 1.77. The van der Waals surface area contributed by atoms with Gasteiger partial charge in [-0.3, -0.25) is 0 Å². The van der Waals surface area contributed by atoms with Crippen LogP contribution in [0.25, 0.3) is 0 Å². The fourth-order valence-electron chi connectivity index (χ4n) is 0.727. The maximum atomic E-state index is 5.76. The molecule has 0 rings (SSSR count). The van der Waals surface area contributed by atoms with Crippen LogP contribution in [-0.4, -0.2) is 11.4 Å². The first-order chi connectivity index (χ1) is 4.04. The molecule has 0 aromatic carbocycles. The van der Waals surface area contributed by atoms with Crippen LogP contribution >= 0.6 is 11.6 Å². The normalized spacial score (nSPS) is 21.0. The van der Waals surface area contributed by atoms with Crippen LogP contribution in [0.5, 0.6) is 0 Å². The zero-order chi connectivity index (χ0) is 7.44. The van der Waals surface area contributed by atoms with Crippen molar-refractivity contribution < 1.29 is 0 Å². The molecule has 2 heteroatoms. The number of alkyl halides is 1. The van der Waals surface area contributed by atoms with E-state index in [4.69, 9.17) is 17.3 Å². The Hall–Kier alpha value is 0.250. The van der Waals surface area contributed by atoms with Gasteiger partial charge in [0.2, 0.25) is 0 Å². The summed E-state index contributed by atoms with van der Waals surface area (Å²) < 4.78 is 0. The molecule has 3 atom stereocenters. The Kier molecular flexibility index (Phi) is 4.24. The van der Waals surface area contributed by atoms with E-state index >= 15 is 0 Å². The Morgan fingerprint density at radius 2 is 1.78 bits per heavy atom. The van der Waals surface area contributed by atoms with Gasteiger partial charge in [0.05, 0.1) is 0 Å². The van der Waals surface area contributed by atoms with E-state index < -0.39 is 0 Å². The Morgan fingerprint density at radius 1 is 1.33 bits per heavy atom. The summed E-state index contributed by atoms with van der Waals surface area (Å²) in [4.78, 5) is 0. The molecule has 0 saturated carbocycles. The highest BCUT2D eigenvalue weighted by molar-refractivity contribution is 6.20. The Bertz CT molecular complexity index is 71.3. The molecular weight excluding hydrogens is 134 g/mol. The summed E-state index contributed by atoms with van der Waals surface area (Å²) in [6.07, 6.45) is 1.01. The number of halogens is 1. The molecule has 0 aliphatic heterocycles. The fourth-order valence-corrected chi connectivity index (χ4v) is 1.01. The smallest absolute Gasteiger partial charge is 0.0310 e. The topological polar surface area (TPSA) is 26.0 Å². The first-order valence-electron chi connectivity index (χ1n) is 3.43. The van der Waals surface area contributed by atoms with E-state index in [0.717, 1.165) is 6.42 Å². The second-order valence-electron chi connectivity index (χ2n) is 2.85. The minimum atomic E-state index is 0.256. The van der Waals surface area contributed by atoms with Crippen LogP contribution in [-0.2, 0) is 0 Å². The van der Waals surface area contributed by atoms with Crippen molar-refractivity contribution >= 4 is 11.6 Å². The van der Waals surface area contributed by atoms with Gasteiger partial charge in [0, 0.05) is 11.4 Å². The number of rotatable bonds is 3. The third-order valence-electron chi connectivity index (χ3n) is 1.59. The molecule has 0 aliphatic carbocycles. The van der Waals surface area contributed by atoms with Gasteiger partial charge in [-0.05, 0) is 26.2 Å². The van der Waals surface area contributed by atoms with Gasteiger partial charge in [-0.1, -0.05) is 6.92 Å². The molecule has 0 heterocycles. The lowest BCUT2D eigenvalue weighted by Gasteiger charge is -2.15. The van der Waals surface area contributed by atoms with Crippen LogP contribution in [0.2, 0.25) is 0 Å². The van der Waals surface area contributed by atoms with Crippen molar-refractivity contribution in [2.24, 2.45) is 11.7 Å². The Balaban J connectivity index is 3.38. The first-order valence-corrected chi connectivity index (χ1v) is 3.87. The van der Waals surface area contributed by atoms with Crippen LogP contribution in [0, 0.1) is 5.92 Å². The van der Waals surface area contributed by atoms with Gasteiger partial charge in [0.1, 0.15) is 0 Å². The van der Waals surface area contributed by atoms with E-state index in [0.29, 0.717) is 5.92 Å². The summed E-state index contributed by atoms with van der Waals surface area (Å²) >= 11 is 5.76. The molecule has 0 spiro atoms. The molecule has 0 bridgehead atoms. The highest BCUT2D eigenvalue weighted by Gasteiger charge is 2.09. The van der Waals surface area contributed by atoms with Crippen LogP contribution in [0.1, 0.15) is 27.2 Å². The highest BCUT2D eigenvalue weighted by Crippen LogP contribution is 2.12. The van der Waals surface area contributed by atoms with Crippen molar-refractivity contribution in [2.45, 2.75) is 38.6 Å². The van der Waals surface area contributed by atoms with Crippen LogP contribution in [0.4, 0.5) is 0 Å². The van der Waals surface area contributed by atoms with Crippen molar-refractivity contribution in [3.8, 4) is 0 Å². The zero-order valence-corrected chi connectivity index (χ0v) is 7.15. The van der Waals surface area contributed by atoms with Gasteiger partial charge >= 0.3 is 0 Å². The average Bonchev–Trinajstić information content (AvgIpc) is 1.63. The third kappa shape index (κ3) is 4.73. The monoisotopic (exact) mass is 149 g/mol. The molecule has 0 aromatic rings. The van der Waals surface area contributed by atoms with Crippen LogP contribution in [0.3, 0.4) is 0 Å². The molecule has 2 N–H and O–H groups in total. The van der Waals surface area contributed by atoms with Gasteiger partial charge < -0.3 is 5.73 Å². The summed E-state index contributed by atoms with van der Waals surface area (Å²) in [6, 6.07) is 0.270. The van der Waals surface area contributed by atoms with E-state index in [2.05, 4.69) is 6.92 Å². The summed E-state index contributed by atoms with van der Waals surface area (Å²) in [5, 5.41) is 0.256. The predicted octanol–water partition coefficient (Wildman–Crippen LogP) is 1.99. The molecule has 0 amide bonds. The van der Waals surface area contributed by atoms with Crippen LogP contribution < -0.4 is 5.73 Å². The minimum Gasteiger partial charge on any atom is -0.328 e. The minimum absolute atomic E-state index is 0.256. The van der Waals surface area contributed by atoms with Crippen molar-refractivity contribution in [1.82, 2.24) is 0 Å². The van der Waals surface area contributed by atoms with E-state index in [1.807, 2.05) is 13.8 Å². The Labute approximate surface area is 62.6 Å². The maximum absolute atomic E-state index is 5.76. The molecule has 0 fully saturated rings. The number of nitrogens with two attached hydrogens (primary N) is 1. The molecule has 3 unspecified atom stereocenters. The summed E-state index contributed by atoms with van der Waals surface area (Å²) in [5.41, 5.74) is 5.63. The quantitative estimate of drug-likeness (QED) is 0.611. The molecule has 0 aromatic heterocycles. The molecule has 0 radical (unpaired) electrons. The summed E-state index contributed by atoms with van der Waals surface area (Å²) in [5.74, 6) is 0.539. The molecule has 1 nitrogen and oxygen atoms in total. The van der Waals surface area contributed by atoms with Gasteiger partial charge in [-0.25, -0.2) is 0 Å². The lowest BCUT2D eigenvalue weighted by Crippen LogP contribution is -2.25. The highest BCUT2D eigenvalue weighted by atomic mass is 35.5. The Morgan fingerprint density at radius 3 is 1.89 bits per heavy atom. The van der Waals surface area contributed by atoms with Crippen LogP contribution in [0.15, 0.2) is 0 Å². The largest absolute Gasteiger partial charge is 0.328 e.